The molecule has 5 aromatic rings. The minimum atomic E-state index is 0.732. The normalized spacial score (nSPS) is 11.2. The second kappa shape index (κ2) is 11.6. The molecule has 0 atom stereocenters. The third-order valence-corrected chi connectivity index (χ3v) is 7.45. The Bertz CT molecular complexity index is 1290. The standard InChI is InChI=1S/C28H28N6S2/c1-3-35-27-31-29-25(33(27)19-21-11-7-5-8-12-21)23-15-17-24(18-16-23)26-30-32-28(36-4-2)34(26)20-22-13-9-6-10-14-22/h5-18H,3-4,19-20H2,1-2H3. The zero-order valence-corrected chi connectivity index (χ0v) is 22.0. The molecular formula is C28H28N6S2. The Morgan fingerprint density at radius 3 is 1.28 bits per heavy atom. The highest BCUT2D eigenvalue weighted by Crippen LogP contribution is 2.29. The molecular weight excluding hydrogens is 484 g/mol. The first-order valence-corrected chi connectivity index (χ1v) is 14.0. The van der Waals surface area contributed by atoms with Crippen LogP contribution in [0.3, 0.4) is 0 Å². The van der Waals surface area contributed by atoms with Gasteiger partial charge in [-0.15, -0.1) is 20.4 Å². The SMILES string of the molecule is CCSc1nnc(-c2ccc(-c3nnc(SCC)n3Cc3ccccc3)cc2)n1Cc1ccccc1. The molecule has 8 heteroatoms. The average molecular weight is 513 g/mol. The van der Waals surface area contributed by atoms with Gasteiger partial charge >= 0.3 is 0 Å². The summed E-state index contributed by atoms with van der Waals surface area (Å²) in [5.41, 5.74) is 4.51. The van der Waals surface area contributed by atoms with Gasteiger partial charge in [0.1, 0.15) is 0 Å². The topological polar surface area (TPSA) is 61.4 Å². The fraction of sp³-hybridized carbons (Fsp3) is 0.214. The highest BCUT2D eigenvalue weighted by Gasteiger charge is 2.17. The van der Waals surface area contributed by atoms with Gasteiger partial charge in [0.2, 0.25) is 0 Å². The molecule has 0 amide bonds. The third-order valence-electron chi connectivity index (χ3n) is 5.75. The van der Waals surface area contributed by atoms with E-state index in [1.54, 1.807) is 23.5 Å². The van der Waals surface area contributed by atoms with E-state index in [1.807, 2.05) is 12.1 Å². The number of thioether (sulfide) groups is 2. The molecule has 0 radical (unpaired) electrons. The Morgan fingerprint density at radius 2 is 0.917 bits per heavy atom. The molecule has 3 aromatic carbocycles. The van der Waals surface area contributed by atoms with E-state index in [4.69, 9.17) is 0 Å². The highest BCUT2D eigenvalue weighted by molar-refractivity contribution is 7.99. The van der Waals surface area contributed by atoms with Crippen LogP contribution in [0.1, 0.15) is 25.0 Å². The van der Waals surface area contributed by atoms with Crippen LogP contribution in [0.15, 0.2) is 95.2 Å². The lowest BCUT2D eigenvalue weighted by molar-refractivity contribution is 0.714. The predicted octanol–water partition coefficient (Wildman–Crippen LogP) is 6.52. The van der Waals surface area contributed by atoms with E-state index in [-0.39, 0.29) is 0 Å². The summed E-state index contributed by atoms with van der Waals surface area (Å²) in [5, 5.41) is 20.0. The Labute approximate surface area is 220 Å². The third kappa shape index (κ3) is 5.39. The van der Waals surface area contributed by atoms with Gasteiger partial charge in [-0.2, -0.15) is 0 Å². The second-order valence-corrected chi connectivity index (χ2v) is 10.7. The lowest BCUT2D eigenvalue weighted by atomic mass is 10.1. The number of aromatic nitrogens is 6. The van der Waals surface area contributed by atoms with Crippen LogP contribution in [0.4, 0.5) is 0 Å². The summed E-state index contributed by atoms with van der Waals surface area (Å²) in [4.78, 5) is 0. The maximum atomic E-state index is 4.56. The van der Waals surface area contributed by atoms with Gasteiger partial charge in [-0.25, -0.2) is 0 Å². The summed E-state index contributed by atoms with van der Waals surface area (Å²) in [6.07, 6.45) is 0. The molecule has 36 heavy (non-hydrogen) atoms. The molecule has 0 aliphatic heterocycles. The van der Waals surface area contributed by atoms with Crippen LogP contribution in [0.2, 0.25) is 0 Å². The zero-order chi connectivity index (χ0) is 24.7. The fourth-order valence-electron chi connectivity index (χ4n) is 4.06. The summed E-state index contributed by atoms with van der Waals surface area (Å²) in [6.45, 7) is 5.74. The zero-order valence-electron chi connectivity index (χ0n) is 20.4. The molecule has 0 aliphatic rings. The quantitative estimate of drug-likeness (QED) is 0.198. The smallest absolute Gasteiger partial charge is 0.191 e. The van der Waals surface area contributed by atoms with Crippen molar-refractivity contribution in [2.75, 3.05) is 11.5 Å². The minimum Gasteiger partial charge on any atom is -0.298 e. The number of hydrogen-bond donors (Lipinski definition) is 0. The van der Waals surface area contributed by atoms with E-state index in [9.17, 15) is 0 Å². The summed E-state index contributed by atoms with van der Waals surface area (Å²) in [6, 6.07) is 29.3. The van der Waals surface area contributed by atoms with Crippen molar-refractivity contribution in [3.05, 3.63) is 96.1 Å². The van der Waals surface area contributed by atoms with Crippen molar-refractivity contribution in [2.24, 2.45) is 0 Å². The van der Waals surface area contributed by atoms with Crippen molar-refractivity contribution in [1.82, 2.24) is 29.5 Å². The van der Waals surface area contributed by atoms with Crippen molar-refractivity contribution in [3.8, 4) is 22.8 Å². The lowest BCUT2D eigenvalue weighted by Gasteiger charge is -2.12. The summed E-state index contributed by atoms with van der Waals surface area (Å²) in [5.74, 6) is 3.63. The molecule has 0 N–H and O–H groups in total. The average Bonchev–Trinajstić information content (AvgIpc) is 3.50. The molecule has 0 saturated carbocycles. The molecule has 5 rings (SSSR count). The molecule has 6 nitrogen and oxygen atoms in total. The van der Waals surface area contributed by atoms with E-state index in [2.05, 4.69) is 116 Å². The van der Waals surface area contributed by atoms with Gasteiger partial charge in [0.15, 0.2) is 22.0 Å². The maximum Gasteiger partial charge on any atom is 0.191 e. The first-order chi connectivity index (χ1) is 17.8. The summed E-state index contributed by atoms with van der Waals surface area (Å²) in [7, 11) is 0. The summed E-state index contributed by atoms with van der Waals surface area (Å²) >= 11 is 3.42. The van der Waals surface area contributed by atoms with Gasteiger partial charge in [0, 0.05) is 11.1 Å². The molecule has 2 heterocycles. The molecule has 0 spiro atoms. The number of nitrogens with zero attached hydrogens (tertiary/aromatic N) is 6. The largest absolute Gasteiger partial charge is 0.298 e. The molecule has 0 bridgehead atoms. The van der Waals surface area contributed by atoms with Crippen molar-refractivity contribution in [1.29, 1.82) is 0 Å². The Morgan fingerprint density at radius 1 is 0.528 bits per heavy atom. The molecule has 0 saturated heterocycles. The van der Waals surface area contributed by atoms with E-state index in [0.29, 0.717) is 0 Å². The van der Waals surface area contributed by atoms with Gasteiger partial charge in [0.25, 0.3) is 0 Å². The van der Waals surface area contributed by atoms with Crippen LogP contribution < -0.4 is 0 Å². The van der Waals surface area contributed by atoms with E-state index in [1.165, 1.54) is 11.1 Å². The van der Waals surface area contributed by atoms with Gasteiger partial charge in [-0.1, -0.05) is 122 Å². The number of rotatable bonds is 10. The molecule has 0 aliphatic carbocycles. The first kappa shape index (κ1) is 24.3. The molecule has 0 unspecified atom stereocenters. The highest BCUT2D eigenvalue weighted by atomic mass is 32.2. The molecule has 0 fully saturated rings. The Kier molecular flexibility index (Phi) is 7.83. The second-order valence-electron chi connectivity index (χ2n) is 8.20. The van der Waals surface area contributed by atoms with Crippen LogP contribution in [0, 0.1) is 0 Å². The van der Waals surface area contributed by atoms with E-state index in [0.717, 1.165) is 57.7 Å². The minimum absolute atomic E-state index is 0.732. The number of hydrogen-bond acceptors (Lipinski definition) is 6. The lowest BCUT2D eigenvalue weighted by Crippen LogP contribution is -2.05. The maximum absolute atomic E-state index is 4.56. The first-order valence-electron chi connectivity index (χ1n) is 12.1. The van der Waals surface area contributed by atoms with E-state index >= 15 is 0 Å². The van der Waals surface area contributed by atoms with Crippen LogP contribution in [-0.2, 0) is 13.1 Å². The number of benzene rings is 3. The van der Waals surface area contributed by atoms with Crippen molar-refractivity contribution >= 4 is 23.5 Å². The van der Waals surface area contributed by atoms with Gasteiger partial charge in [0.05, 0.1) is 13.1 Å². The summed E-state index contributed by atoms with van der Waals surface area (Å²) < 4.78 is 4.40. The van der Waals surface area contributed by atoms with Crippen LogP contribution >= 0.6 is 23.5 Å². The van der Waals surface area contributed by atoms with E-state index < -0.39 is 0 Å². The Hall–Kier alpha value is -3.36. The monoisotopic (exact) mass is 512 g/mol. The van der Waals surface area contributed by atoms with Gasteiger partial charge in [-0.05, 0) is 22.6 Å². The van der Waals surface area contributed by atoms with Gasteiger partial charge < -0.3 is 0 Å². The fourth-order valence-corrected chi connectivity index (χ4v) is 5.39. The van der Waals surface area contributed by atoms with Crippen LogP contribution in [0.5, 0.6) is 0 Å². The van der Waals surface area contributed by atoms with Crippen molar-refractivity contribution < 1.29 is 0 Å². The van der Waals surface area contributed by atoms with Crippen LogP contribution in [-0.4, -0.2) is 41.0 Å². The van der Waals surface area contributed by atoms with Gasteiger partial charge in [-0.3, -0.25) is 9.13 Å². The Balaban J connectivity index is 1.47. The van der Waals surface area contributed by atoms with Crippen LogP contribution in [0.25, 0.3) is 22.8 Å². The predicted molar refractivity (Wildman–Crippen MR) is 148 cm³/mol. The van der Waals surface area contributed by atoms with Crippen molar-refractivity contribution in [3.63, 3.8) is 0 Å². The molecule has 2 aromatic heterocycles. The molecule has 182 valence electrons. The van der Waals surface area contributed by atoms with Crippen molar-refractivity contribution in [2.45, 2.75) is 37.2 Å².